The molecular formula is C22H26N4O2S3. The second kappa shape index (κ2) is 11.0. The molecule has 6 nitrogen and oxygen atoms in total. The van der Waals surface area contributed by atoms with Gasteiger partial charge in [-0.05, 0) is 36.0 Å². The first-order valence-corrected chi connectivity index (χ1v) is 12.4. The molecule has 1 aliphatic rings. The molecule has 0 aliphatic carbocycles. The van der Waals surface area contributed by atoms with Crippen molar-refractivity contribution in [1.29, 1.82) is 0 Å². The summed E-state index contributed by atoms with van der Waals surface area (Å²) in [6.07, 6.45) is 4.50. The van der Waals surface area contributed by atoms with E-state index in [4.69, 9.17) is 12.2 Å². The topological polar surface area (TPSA) is 75.2 Å². The predicted octanol–water partition coefficient (Wildman–Crippen LogP) is 4.92. The number of carbonyl (C=O) groups excluding carboxylic acids is 2. The van der Waals surface area contributed by atoms with E-state index < -0.39 is 0 Å². The average molecular weight is 475 g/mol. The van der Waals surface area contributed by atoms with Crippen LogP contribution in [0.1, 0.15) is 49.7 Å². The third kappa shape index (κ3) is 6.69. The Morgan fingerprint density at radius 1 is 1.26 bits per heavy atom. The highest BCUT2D eigenvalue weighted by Gasteiger charge is 2.31. The van der Waals surface area contributed by atoms with Crippen molar-refractivity contribution in [1.82, 2.24) is 15.1 Å². The molecule has 1 aromatic heterocycles. The molecule has 0 saturated carbocycles. The van der Waals surface area contributed by atoms with Crippen molar-refractivity contribution in [3.8, 4) is 0 Å². The maximum absolute atomic E-state index is 12.7. The Morgan fingerprint density at radius 3 is 2.68 bits per heavy atom. The van der Waals surface area contributed by atoms with Crippen molar-refractivity contribution < 1.29 is 9.59 Å². The number of aromatic nitrogens is 2. The molecule has 1 aliphatic heterocycles. The molecule has 2 heterocycles. The van der Waals surface area contributed by atoms with E-state index >= 15 is 0 Å². The molecule has 0 bridgehead atoms. The molecule has 0 radical (unpaired) electrons. The number of carbonyl (C=O) groups is 2. The number of nitrogens with one attached hydrogen (secondary N) is 1. The maximum Gasteiger partial charge on any atom is 0.266 e. The molecule has 1 aromatic carbocycles. The van der Waals surface area contributed by atoms with Gasteiger partial charge in [0.05, 0.1) is 4.91 Å². The standard InChI is InChI=1S/C22H26N4O2S3/c1-4-15-7-9-16(10-8-15)13-17-20(28)26(22(29)30-17)11-5-6-18(27)23-21-25-24-19(31-21)12-14(2)3/h7-10,13-14H,4-6,11-12H2,1-3H3,(H,23,25,27). The first kappa shape index (κ1) is 23.6. The van der Waals surface area contributed by atoms with Crippen molar-refractivity contribution in [3.63, 3.8) is 0 Å². The number of hydrogen-bond acceptors (Lipinski definition) is 7. The highest BCUT2D eigenvalue weighted by Crippen LogP contribution is 2.32. The van der Waals surface area contributed by atoms with Gasteiger partial charge in [-0.15, -0.1) is 10.2 Å². The van der Waals surface area contributed by atoms with Crippen LogP contribution in [0.2, 0.25) is 0 Å². The number of benzene rings is 1. The lowest BCUT2D eigenvalue weighted by Crippen LogP contribution is -2.29. The van der Waals surface area contributed by atoms with Gasteiger partial charge in [-0.2, -0.15) is 0 Å². The Bertz CT molecular complexity index is 983. The van der Waals surface area contributed by atoms with Crippen molar-refractivity contribution >= 4 is 62.7 Å². The summed E-state index contributed by atoms with van der Waals surface area (Å²) in [5, 5.41) is 12.3. The second-order valence-electron chi connectivity index (χ2n) is 7.68. The number of rotatable bonds is 9. The molecule has 9 heteroatoms. The van der Waals surface area contributed by atoms with E-state index in [0.29, 0.717) is 33.2 Å². The zero-order valence-electron chi connectivity index (χ0n) is 17.9. The fourth-order valence-corrected chi connectivity index (χ4v) is 5.29. The summed E-state index contributed by atoms with van der Waals surface area (Å²) in [5.41, 5.74) is 2.23. The van der Waals surface area contributed by atoms with Gasteiger partial charge in [0.15, 0.2) is 0 Å². The summed E-state index contributed by atoms with van der Waals surface area (Å²) in [7, 11) is 0. The molecule has 2 amide bonds. The quantitative estimate of drug-likeness (QED) is 0.411. The van der Waals surface area contributed by atoms with E-state index in [1.165, 1.54) is 28.7 Å². The Balaban J connectivity index is 1.49. The summed E-state index contributed by atoms with van der Waals surface area (Å²) >= 11 is 8.09. The van der Waals surface area contributed by atoms with Crippen LogP contribution in [0.15, 0.2) is 29.2 Å². The van der Waals surface area contributed by atoms with Crippen molar-refractivity contribution in [2.45, 2.75) is 46.5 Å². The Labute approximate surface area is 196 Å². The van der Waals surface area contributed by atoms with Crippen LogP contribution in [-0.2, 0) is 22.4 Å². The summed E-state index contributed by atoms with van der Waals surface area (Å²) in [6, 6.07) is 8.15. The van der Waals surface area contributed by atoms with Crippen LogP contribution in [0.5, 0.6) is 0 Å². The minimum absolute atomic E-state index is 0.0996. The third-order valence-electron chi connectivity index (χ3n) is 4.64. The molecule has 0 spiro atoms. The fraction of sp³-hybridized carbons (Fsp3) is 0.409. The van der Waals surface area contributed by atoms with Gasteiger partial charge in [0, 0.05) is 19.4 Å². The highest BCUT2D eigenvalue weighted by atomic mass is 32.2. The molecule has 3 rings (SSSR count). The van der Waals surface area contributed by atoms with Gasteiger partial charge in [0.1, 0.15) is 9.33 Å². The molecule has 1 N–H and O–H groups in total. The second-order valence-corrected chi connectivity index (χ2v) is 10.4. The number of thioether (sulfide) groups is 1. The molecule has 164 valence electrons. The molecule has 0 unspecified atom stereocenters. The lowest BCUT2D eigenvalue weighted by atomic mass is 10.1. The third-order valence-corrected chi connectivity index (χ3v) is 6.88. The number of amides is 2. The van der Waals surface area contributed by atoms with E-state index in [-0.39, 0.29) is 18.2 Å². The summed E-state index contributed by atoms with van der Waals surface area (Å²) < 4.78 is 0.532. The van der Waals surface area contributed by atoms with Gasteiger partial charge in [0.2, 0.25) is 11.0 Å². The van der Waals surface area contributed by atoms with Gasteiger partial charge < -0.3 is 5.32 Å². The lowest BCUT2D eigenvalue weighted by molar-refractivity contribution is -0.122. The fourth-order valence-electron chi connectivity index (χ4n) is 3.01. The lowest BCUT2D eigenvalue weighted by Gasteiger charge is -2.13. The molecule has 0 atom stereocenters. The maximum atomic E-state index is 12.7. The molecule has 2 aromatic rings. The Morgan fingerprint density at radius 2 is 2.00 bits per heavy atom. The Kier molecular flexibility index (Phi) is 8.34. The number of hydrogen-bond donors (Lipinski definition) is 1. The minimum Gasteiger partial charge on any atom is -0.301 e. The van der Waals surface area contributed by atoms with Crippen LogP contribution in [0.25, 0.3) is 6.08 Å². The van der Waals surface area contributed by atoms with E-state index in [9.17, 15) is 9.59 Å². The first-order valence-electron chi connectivity index (χ1n) is 10.3. The number of nitrogens with zero attached hydrogens (tertiary/aromatic N) is 3. The average Bonchev–Trinajstić information content (AvgIpc) is 3.26. The highest BCUT2D eigenvalue weighted by molar-refractivity contribution is 8.26. The SMILES string of the molecule is CCc1ccc(C=C2SC(=S)N(CCCC(=O)Nc3nnc(CC(C)C)s3)C2=O)cc1. The summed E-state index contributed by atoms with van der Waals surface area (Å²) in [6.45, 7) is 6.76. The molecule has 31 heavy (non-hydrogen) atoms. The summed E-state index contributed by atoms with van der Waals surface area (Å²) in [4.78, 5) is 27.1. The van der Waals surface area contributed by atoms with Gasteiger partial charge in [-0.3, -0.25) is 14.5 Å². The minimum atomic E-state index is -0.135. The van der Waals surface area contributed by atoms with Crippen LogP contribution in [0.3, 0.4) is 0 Å². The van der Waals surface area contributed by atoms with Gasteiger partial charge >= 0.3 is 0 Å². The zero-order chi connectivity index (χ0) is 22.4. The van der Waals surface area contributed by atoms with Gasteiger partial charge in [-0.1, -0.05) is 80.4 Å². The summed E-state index contributed by atoms with van der Waals surface area (Å²) in [5.74, 6) is 0.257. The van der Waals surface area contributed by atoms with Crippen LogP contribution >= 0.6 is 35.3 Å². The molecule has 1 fully saturated rings. The zero-order valence-corrected chi connectivity index (χ0v) is 20.3. The van der Waals surface area contributed by atoms with Crippen molar-refractivity contribution in [2.24, 2.45) is 5.92 Å². The van der Waals surface area contributed by atoms with Crippen LogP contribution < -0.4 is 5.32 Å². The number of anilines is 1. The van der Waals surface area contributed by atoms with Crippen LogP contribution in [-0.4, -0.2) is 37.8 Å². The van der Waals surface area contributed by atoms with Gasteiger partial charge in [0.25, 0.3) is 5.91 Å². The number of thiocarbonyl (C=S) groups is 1. The number of aryl methyl sites for hydroxylation is 1. The van der Waals surface area contributed by atoms with Crippen molar-refractivity contribution in [3.05, 3.63) is 45.3 Å². The molecule has 1 saturated heterocycles. The van der Waals surface area contributed by atoms with E-state index in [1.807, 2.05) is 18.2 Å². The normalized spacial score (nSPS) is 15.4. The first-order chi connectivity index (χ1) is 14.9. The largest absolute Gasteiger partial charge is 0.301 e. The van der Waals surface area contributed by atoms with E-state index in [2.05, 4.69) is 48.4 Å². The van der Waals surface area contributed by atoms with Crippen molar-refractivity contribution in [2.75, 3.05) is 11.9 Å². The van der Waals surface area contributed by atoms with E-state index in [1.54, 1.807) is 4.90 Å². The van der Waals surface area contributed by atoms with Gasteiger partial charge in [-0.25, -0.2) is 0 Å². The smallest absolute Gasteiger partial charge is 0.266 e. The van der Waals surface area contributed by atoms with Crippen LogP contribution in [0.4, 0.5) is 5.13 Å². The predicted molar refractivity (Wildman–Crippen MR) is 132 cm³/mol. The Hall–Kier alpha value is -2.10. The monoisotopic (exact) mass is 474 g/mol. The van der Waals surface area contributed by atoms with Crippen LogP contribution in [0, 0.1) is 5.92 Å². The molecular weight excluding hydrogens is 448 g/mol. The van der Waals surface area contributed by atoms with E-state index in [0.717, 1.165) is 23.4 Å².